The Hall–Kier alpha value is -2.70. The SMILES string of the molecule is Cc1nc(-c2cccc(NC(=O)C(=O)NC(C)CCC(C)C)c2)n[nH]1. The molecule has 0 fully saturated rings. The van der Waals surface area contributed by atoms with Crippen LogP contribution in [0.4, 0.5) is 5.69 Å². The van der Waals surface area contributed by atoms with Crippen LogP contribution in [0, 0.1) is 12.8 Å². The Labute approximate surface area is 147 Å². The summed E-state index contributed by atoms with van der Waals surface area (Å²) in [6.07, 6.45) is 1.84. The van der Waals surface area contributed by atoms with E-state index in [2.05, 4.69) is 39.7 Å². The summed E-state index contributed by atoms with van der Waals surface area (Å²) in [4.78, 5) is 28.3. The van der Waals surface area contributed by atoms with E-state index >= 15 is 0 Å². The lowest BCUT2D eigenvalue weighted by molar-refractivity contribution is -0.136. The van der Waals surface area contributed by atoms with Crippen LogP contribution in [0.15, 0.2) is 24.3 Å². The standard InChI is InChI=1S/C18H25N5O2/c1-11(2)8-9-12(3)19-17(24)18(25)21-15-7-5-6-14(10-15)16-20-13(4)22-23-16/h5-7,10-12H,8-9H2,1-4H3,(H,19,24)(H,21,25)(H,20,22,23). The van der Waals surface area contributed by atoms with Crippen molar-refractivity contribution in [1.82, 2.24) is 20.5 Å². The Kier molecular flexibility index (Phi) is 6.27. The molecule has 0 aliphatic rings. The van der Waals surface area contributed by atoms with Gasteiger partial charge in [0.1, 0.15) is 5.82 Å². The monoisotopic (exact) mass is 343 g/mol. The zero-order valence-electron chi connectivity index (χ0n) is 15.1. The van der Waals surface area contributed by atoms with E-state index in [9.17, 15) is 9.59 Å². The molecule has 0 saturated carbocycles. The molecule has 0 saturated heterocycles. The second-order valence-electron chi connectivity index (χ2n) is 6.63. The van der Waals surface area contributed by atoms with Crippen LogP contribution < -0.4 is 10.6 Å². The van der Waals surface area contributed by atoms with Gasteiger partial charge in [0.15, 0.2) is 5.82 Å². The Balaban J connectivity index is 1.95. The lowest BCUT2D eigenvalue weighted by atomic mass is 10.0. The molecule has 0 bridgehead atoms. The number of carbonyl (C=O) groups is 2. The molecule has 1 unspecified atom stereocenters. The van der Waals surface area contributed by atoms with Crippen LogP contribution in [0.3, 0.4) is 0 Å². The average molecular weight is 343 g/mol. The van der Waals surface area contributed by atoms with Crippen LogP contribution in [0.5, 0.6) is 0 Å². The number of carbonyl (C=O) groups excluding carboxylic acids is 2. The molecule has 0 aliphatic heterocycles. The smallest absolute Gasteiger partial charge is 0.313 e. The first kappa shape index (κ1) is 18.6. The minimum absolute atomic E-state index is 0.0387. The van der Waals surface area contributed by atoms with Gasteiger partial charge in [-0.3, -0.25) is 14.7 Å². The highest BCUT2D eigenvalue weighted by Crippen LogP contribution is 2.19. The predicted octanol–water partition coefficient (Wildman–Crippen LogP) is 2.66. The second kappa shape index (κ2) is 8.41. The van der Waals surface area contributed by atoms with Gasteiger partial charge in [0.25, 0.3) is 0 Å². The van der Waals surface area contributed by atoms with E-state index in [4.69, 9.17) is 0 Å². The molecule has 1 aromatic carbocycles. The molecule has 7 heteroatoms. The summed E-state index contributed by atoms with van der Waals surface area (Å²) in [5.41, 5.74) is 1.28. The number of rotatable bonds is 6. The summed E-state index contributed by atoms with van der Waals surface area (Å²) >= 11 is 0. The van der Waals surface area contributed by atoms with Gasteiger partial charge in [0.2, 0.25) is 0 Å². The van der Waals surface area contributed by atoms with E-state index in [0.29, 0.717) is 23.3 Å². The summed E-state index contributed by atoms with van der Waals surface area (Å²) in [5.74, 6) is 0.505. The van der Waals surface area contributed by atoms with Crippen molar-refractivity contribution in [2.24, 2.45) is 5.92 Å². The van der Waals surface area contributed by atoms with Crippen molar-refractivity contribution in [1.29, 1.82) is 0 Å². The zero-order valence-corrected chi connectivity index (χ0v) is 15.1. The molecule has 1 heterocycles. The molecule has 2 aromatic rings. The summed E-state index contributed by atoms with van der Waals surface area (Å²) in [5, 5.41) is 12.2. The minimum Gasteiger partial charge on any atom is -0.345 e. The van der Waals surface area contributed by atoms with E-state index in [1.807, 2.05) is 19.9 Å². The number of amides is 2. The highest BCUT2D eigenvalue weighted by Gasteiger charge is 2.17. The Morgan fingerprint density at radius 2 is 1.92 bits per heavy atom. The molecule has 25 heavy (non-hydrogen) atoms. The first-order chi connectivity index (χ1) is 11.8. The third-order valence-electron chi connectivity index (χ3n) is 3.74. The van der Waals surface area contributed by atoms with Gasteiger partial charge in [0.05, 0.1) is 0 Å². The Morgan fingerprint density at radius 3 is 2.56 bits per heavy atom. The topological polar surface area (TPSA) is 99.8 Å². The number of aromatic amines is 1. The number of aryl methyl sites for hydroxylation is 1. The number of aromatic nitrogens is 3. The lowest BCUT2D eigenvalue weighted by Gasteiger charge is -2.15. The Morgan fingerprint density at radius 1 is 1.16 bits per heavy atom. The fourth-order valence-electron chi connectivity index (χ4n) is 2.34. The summed E-state index contributed by atoms with van der Waals surface area (Å²) in [7, 11) is 0. The number of benzene rings is 1. The second-order valence-corrected chi connectivity index (χ2v) is 6.63. The molecule has 0 radical (unpaired) electrons. The third-order valence-corrected chi connectivity index (χ3v) is 3.74. The largest absolute Gasteiger partial charge is 0.345 e. The number of anilines is 1. The van der Waals surface area contributed by atoms with Crippen molar-refractivity contribution >= 4 is 17.5 Å². The minimum atomic E-state index is -0.681. The number of hydrogen-bond donors (Lipinski definition) is 3. The van der Waals surface area contributed by atoms with Gasteiger partial charge in [-0.05, 0) is 44.7 Å². The molecule has 1 aromatic heterocycles. The molecule has 134 valence electrons. The van der Waals surface area contributed by atoms with Crippen molar-refractivity contribution in [2.45, 2.75) is 46.6 Å². The zero-order chi connectivity index (χ0) is 18.4. The number of nitrogens with zero attached hydrogens (tertiary/aromatic N) is 2. The quantitative estimate of drug-likeness (QED) is 0.702. The van der Waals surface area contributed by atoms with Gasteiger partial charge in [-0.25, -0.2) is 4.98 Å². The first-order valence-corrected chi connectivity index (χ1v) is 8.46. The van der Waals surface area contributed by atoms with Gasteiger partial charge in [-0.1, -0.05) is 26.0 Å². The van der Waals surface area contributed by atoms with E-state index in [1.54, 1.807) is 18.2 Å². The maximum atomic E-state index is 12.1. The van der Waals surface area contributed by atoms with E-state index < -0.39 is 11.8 Å². The number of hydrogen-bond acceptors (Lipinski definition) is 4. The summed E-state index contributed by atoms with van der Waals surface area (Å²) < 4.78 is 0. The van der Waals surface area contributed by atoms with Crippen LogP contribution in [-0.4, -0.2) is 33.0 Å². The fraction of sp³-hybridized carbons (Fsp3) is 0.444. The third kappa shape index (κ3) is 5.70. The summed E-state index contributed by atoms with van der Waals surface area (Å²) in [6, 6.07) is 7.03. The van der Waals surface area contributed by atoms with Crippen LogP contribution in [0.25, 0.3) is 11.4 Å². The number of nitrogens with one attached hydrogen (secondary N) is 3. The van der Waals surface area contributed by atoms with E-state index in [1.165, 1.54) is 0 Å². The molecule has 1 atom stereocenters. The molecular formula is C18H25N5O2. The Bertz CT molecular complexity index is 739. The van der Waals surface area contributed by atoms with Crippen LogP contribution in [0.2, 0.25) is 0 Å². The van der Waals surface area contributed by atoms with Crippen molar-refractivity contribution in [3.05, 3.63) is 30.1 Å². The molecule has 0 aliphatic carbocycles. The lowest BCUT2D eigenvalue weighted by Crippen LogP contribution is -2.40. The molecule has 3 N–H and O–H groups in total. The fourth-order valence-corrected chi connectivity index (χ4v) is 2.34. The van der Waals surface area contributed by atoms with E-state index in [0.717, 1.165) is 18.4 Å². The normalized spacial score (nSPS) is 12.0. The summed E-state index contributed by atoms with van der Waals surface area (Å²) in [6.45, 7) is 7.97. The molecule has 2 rings (SSSR count). The van der Waals surface area contributed by atoms with Gasteiger partial charge in [-0.15, -0.1) is 0 Å². The predicted molar refractivity (Wildman–Crippen MR) is 96.9 cm³/mol. The van der Waals surface area contributed by atoms with Gasteiger partial charge in [-0.2, -0.15) is 5.10 Å². The van der Waals surface area contributed by atoms with Crippen LogP contribution in [0.1, 0.15) is 39.4 Å². The molecular weight excluding hydrogens is 318 g/mol. The number of H-pyrrole nitrogens is 1. The highest BCUT2D eigenvalue weighted by atomic mass is 16.2. The van der Waals surface area contributed by atoms with Crippen molar-refractivity contribution in [3.8, 4) is 11.4 Å². The maximum absolute atomic E-state index is 12.1. The molecule has 7 nitrogen and oxygen atoms in total. The van der Waals surface area contributed by atoms with E-state index in [-0.39, 0.29) is 6.04 Å². The molecule has 0 spiro atoms. The molecule has 2 amide bonds. The first-order valence-electron chi connectivity index (χ1n) is 8.46. The average Bonchev–Trinajstić information content (AvgIpc) is 2.99. The maximum Gasteiger partial charge on any atom is 0.313 e. The van der Waals surface area contributed by atoms with Crippen molar-refractivity contribution in [3.63, 3.8) is 0 Å². The van der Waals surface area contributed by atoms with Gasteiger partial charge >= 0.3 is 11.8 Å². The van der Waals surface area contributed by atoms with Gasteiger partial charge < -0.3 is 10.6 Å². The van der Waals surface area contributed by atoms with Crippen LogP contribution in [-0.2, 0) is 9.59 Å². The van der Waals surface area contributed by atoms with Crippen LogP contribution >= 0.6 is 0 Å². The van der Waals surface area contributed by atoms with Crippen molar-refractivity contribution in [2.75, 3.05) is 5.32 Å². The van der Waals surface area contributed by atoms with Gasteiger partial charge in [0, 0.05) is 17.3 Å². The highest BCUT2D eigenvalue weighted by molar-refractivity contribution is 6.39. The van der Waals surface area contributed by atoms with Crippen molar-refractivity contribution < 1.29 is 9.59 Å².